The summed E-state index contributed by atoms with van der Waals surface area (Å²) in [5.74, 6) is 0.856. The van der Waals surface area contributed by atoms with Gasteiger partial charge in [0.05, 0.1) is 38.1 Å². The molecule has 3 aromatic heterocycles. The molecule has 4 heterocycles. The van der Waals surface area contributed by atoms with Crippen molar-refractivity contribution >= 4 is 54.8 Å². The number of nitrogens with two attached hydrogens (primary N) is 1. The van der Waals surface area contributed by atoms with Crippen LogP contribution >= 0.6 is 38.9 Å². The molecule has 1 aliphatic heterocycles. The molecule has 1 saturated heterocycles. The van der Waals surface area contributed by atoms with E-state index >= 15 is 0 Å². The molecule has 25 heavy (non-hydrogen) atoms. The lowest BCUT2D eigenvalue weighted by Gasteiger charge is -2.28. The number of anilines is 1. The first-order valence-electron chi connectivity index (χ1n) is 8.05. The summed E-state index contributed by atoms with van der Waals surface area (Å²) in [6, 6.07) is 5.63. The van der Waals surface area contributed by atoms with Crippen LogP contribution in [0.5, 0.6) is 0 Å². The van der Waals surface area contributed by atoms with Gasteiger partial charge in [-0.1, -0.05) is 11.6 Å². The van der Waals surface area contributed by atoms with Crippen molar-refractivity contribution in [3.8, 4) is 0 Å². The van der Waals surface area contributed by atoms with Gasteiger partial charge in [-0.3, -0.25) is 0 Å². The van der Waals surface area contributed by atoms with Crippen LogP contribution in [-0.2, 0) is 11.3 Å². The van der Waals surface area contributed by atoms with Crippen molar-refractivity contribution in [2.45, 2.75) is 31.5 Å². The highest BCUT2D eigenvalue weighted by Crippen LogP contribution is 2.45. The predicted molar refractivity (Wildman–Crippen MR) is 104 cm³/mol. The van der Waals surface area contributed by atoms with E-state index in [1.165, 1.54) is 0 Å². The van der Waals surface area contributed by atoms with Crippen LogP contribution < -0.4 is 11.1 Å². The highest BCUT2D eigenvalue weighted by Gasteiger charge is 2.29. The average molecular weight is 443 g/mol. The minimum absolute atomic E-state index is 0.00638. The molecule has 8 heteroatoms. The minimum Gasteiger partial charge on any atom is -0.467 e. The number of furan rings is 1. The summed E-state index contributed by atoms with van der Waals surface area (Å²) in [7, 11) is 0. The molecule has 1 fully saturated rings. The molecule has 5 nitrogen and oxygen atoms in total. The second-order valence-corrected chi connectivity index (χ2v) is 8.21. The van der Waals surface area contributed by atoms with Crippen LogP contribution in [0.15, 0.2) is 33.4 Å². The molecule has 4 rings (SSSR count). The number of pyridine rings is 1. The Bertz CT molecular complexity index is 884. The molecule has 0 amide bonds. The maximum Gasteiger partial charge on any atom is 0.131 e. The lowest BCUT2D eigenvalue weighted by atomic mass is 10.0. The zero-order valence-electron chi connectivity index (χ0n) is 13.3. The van der Waals surface area contributed by atoms with Gasteiger partial charge < -0.3 is 20.2 Å². The van der Waals surface area contributed by atoms with E-state index in [0.29, 0.717) is 11.7 Å². The number of rotatable bonds is 4. The lowest BCUT2D eigenvalue weighted by molar-refractivity contribution is 0.00202. The van der Waals surface area contributed by atoms with Crippen molar-refractivity contribution < 1.29 is 9.15 Å². The van der Waals surface area contributed by atoms with Crippen LogP contribution in [-0.4, -0.2) is 17.6 Å². The second kappa shape index (κ2) is 7.25. The molecular formula is C17H17BrClN3O2S. The Morgan fingerprint density at radius 3 is 3.12 bits per heavy atom. The van der Waals surface area contributed by atoms with Gasteiger partial charge in [0, 0.05) is 18.7 Å². The lowest BCUT2D eigenvalue weighted by Crippen LogP contribution is -2.34. The fourth-order valence-corrected chi connectivity index (χ4v) is 5.34. The monoisotopic (exact) mass is 441 g/mol. The van der Waals surface area contributed by atoms with Gasteiger partial charge in [0.2, 0.25) is 0 Å². The summed E-state index contributed by atoms with van der Waals surface area (Å²) in [4.78, 5) is 5.56. The van der Waals surface area contributed by atoms with Gasteiger partial charge in [-0.25, -0.2) is 4.98 Å². The van der Waals surface area contributed by atoms with Gasteiger partial charge in [-0.2, -0.15) is 0 Å². The van der Waals surface area contributed by atoms with Crippen molar-refractivity contribution in [3.63, 3.8) is 0 Å². The number of hydrogen-bond acceptors (Lipinski definition) is 6. The van der Waals surface area contributed by atoms with Crippen molar-refractivity contribution in [1.82, 2.24) is 4.98 Å². The highest BCUT2D eigenvalue weighted by atomic mass is 79.9. The fourth-order valence-electron chi connectivity index (χ4n) is 3.01. The SMILES string of the molecule is N[C@@H]1CCCO[C@H]1c1sc2c(NCc3ccco3)cc(Cl)nc2c1Br. The van der Waals surface area contributed by atoms with Gasteiger partial charge in [-0.15, -0.1) is 11.3 Å². The van der Waals surface area contributed by atoms with Gasteiger partial charge >= 0.3 is 0 Å². The van der Waals surface area contributed by atoms with Crippen molar-refractivity contribution in [2.75, 3.05) is 11.9 Å². The zero-order chi connectivity index (χ0) is 17.4. The third kappa shape index (κ3) is 3.44. The molecule has 2 atom stereocenters. The standard InChI is InChI=1S/C17H17BrClN3O2S/c18-13-14-16(25-17(13)15-10(20)4-2-6-24-15)11(7-12(19)22-14)21-8-9-3-1-5-23-9/h1,3,5,7,10,15H,2,4,6,8,20H2,(H,21,22)/t10-,15-/m1/s1. The summed E-state index contributed by atoms with van der Waals surface area (Å²) in [5.41, 5.74) is 8.03. The molecule has 132 valence electrons. The number of halogens is 2. The van der Waals surface area contributed by atoms with Crippen molar-refractivity contribution in [3.05, 3.63) is 44.7 Å². The van der Waals surface area contributed by atoms with Gasteiger partial charge in [0.25, 0.3) is 0 Å². The van der Waals surface area contributed by atoms with Gasteiger partial charge in [0.1, 0.15) is 17.0 Å². The van der Waals surface area contributed by atoms with E-state index in [0.717, 1.165) is 50.5 Å². The molecule has 0 spiro atoms. The summed E-state index contributed by atoms with van der Waals surface area (Å²) in [6.45, 7) is 1.31. The number of fused-ring (bicyclic) bond motifs is 1. The first kappa shape index (κ1) is 17.3. The molecule has 0 aliphatic carbocycles. The average Bonchev–Trinajstić information content (AvgIpc) is 3.22. The third-order valence-electron chi connectivity index (χ3n) is 4.24. The van der Waals surface area contributed by atoms with E-state index < -0.39 is 0 Å². The first-order chi connectivity index (χ1) is 12.1. The third-order valence-corrected chi connectivity index (χ3v) is 6.77. The maximum absolute atomic E-state index is 6.28. The van der Waals surface area contributed by atoms with E-state index in [-0.39, 0.29) is 12.1 Å². The summed E-state index contributed by atoms with van der Waals surface area (Å²) >= 11 is 11.6. The van der Waals surface area contributed by atoms with E-state index in [9.17, 15) is 0 Å². The molecule has 0 aromatic carbocycles. The van der Waals surface area contributed by atoms with Crippen LogP contribution in [0.4, 0.5) is 5.69 Å². The van der Waals surface area contributed by atoms with Crippen LogP contribution in [0.3, 0.4) is 0 Å². The Labute approximate surface area is 162 Å². The Morgan fingerprint density at radius 1 is 1.48 bits per heavy atom. The molecule has 0 bridgehead atoms. The Balaban J connectivity index is 1.72. The first-order valence-corrected chi connectivity index (χ1v) is 10.0. The normalized spacial score (nSPS) is 20.9. The fraction of sp³-hybridized carbons (Fsp3) is 0.353. The zero-order valence-corrected chi connectivity index (χ0v) is 16.5. The topological polar surface area (TPSA) is 73.3 Å². The molecule has 0 saturated carbocycles. The van der Waals surface area contributed by atoms with E-state index in [1.807, 2.05) is 18.2 Å². The van der Waals surface area contributed by atoms with E-state index in [1.54, 1.807) is 17.6 Å². The summed E-state index contributed by atoms with van der Waals surface area (Å²) < 4.78 is 13.3. The molecule has 0 unspecified atom stereocenters. The molecule has 0 radical (unpaired) electrons. The number of nitrogens with one attached hydrogen (secondary N) is 1. The van der Waals surface area contributed by atoms with Crippen LogP contribution in [0.2, 0.25) is 5.15 Å². The highest BCUT2D eigenvalue weighted by molar-refractivity contribution is 9.10. The molecule has 1 aliphatic rings. The molecule has 3 aromatic rings. The Morgan fingerprint density at radius 2 is 2.36 bits per heavy atom. The van der Waals surface area contributed by atoms with Gasteiger partial charge in [-0.05, 0) is 40.9 Å². The number of thiophene rings is 1. The molecule has 3 N–H and O–H groups in total. The Hall–Kier alpha value is -1.12. The van der Waals surface area contributed by atoms with E-state index in [4.69, 9.17) is 26.5 Å². The Kier molecular flexibility index (Phi) is 5.01. The summed E-state index contributed by atoms with van der Waals surface area (Å²) in [5, 5.41) is 3.82. The van der Waals surface area contributed by atoms with Crippen LogP contribution in [0.25, 0.3) is 10.2 Å². The minimum atomic E-state index is -0.112. The molecular weight excluding hydrogens is 426 g/mol. The number of aromatic nitrogens is 1. The number of ether oxygens (including phenoxy) is 1. The van der Waals surface area contributed by atoms with Gasteiger partial charge in [0.15, 0.2) is 0 Å². The summed E-state index contributed by atoms with van der Waals surface area (Å²) in [6.07, 6.45) is 3.51. The van der Waals surface area contributed by atoms with Crippen LogP contribution in [0, 0.1) is 0 Å². The van der Waals surface area contributed by atoms with Crippen molar-refractivity contribution in [1.29, 1.82) is 0 Å². The maximum atomic E-state index is 6.28. The quantitative estimate of drug-likeness (QED) is 0.550. The predicted octanol–water partition coefficient (Wildman–Crippen LogP) is 5.10. The van der Waals surface area contributed by atoms with Crippen LogP contribution in [0.1, 0.15) is 29.6 Å². The second-order valence-electron chi connectivity index (χ2n) is 5.98. The number of nitrogens with zero attached hydrogens (tertiary/aromatic N) is 1. The smallest absolute Gasteiger partial charge is 0.131 e. The largest absolute Gasteiger partial charge is 0.467 e. The van der Waals surface area contributed by atoms with E-state index in [2.05, 4.69) is 26.2 Å². The van der Waals surface area contributed by atoms with Crippen molar-refractivity contribution in [2.24, 2.45) is 5.73 Å². The number of hydrogen-bond donors (Lipinski definition) is 2.